The number of alkyl halides is 6. The zero-order valence-electron chi connectivity index (χ0n) is 10.5. The average Bonchev–Trinajstić information content (AvgIpc) is 2.52. The molecule has 0 amide bonds. The van der Waals surface area contributed by atoms with Gasteiger partial charge >= 0.3 is 12.4 Å². The van der Waals surface area contributed by atoms with Gasteiger partial charge < -0.3 is 5.32 Å². The van der Waals surface area contributed by atoms with E-state index in [-0.39, 0.29) is 15.9 Å². The van der Waals surface area contributed by atoms with Gasteiger partial charge in [-0.05, 0) is 35.5 Å². The average molecular weight is 384 g/mol. The molecule has 0 aromatic carbocycles. The Hall–Kier alpha value is -0.280. The van der Waals surface area contributed by atoms with E-state index in [1.807, 2.05) is 0 Å². The van der Waals surface area contributed by atoms with E-state index in [0.717, 1.165) is 11.3 Å². The van der Waals surface area contributed by atoms with Crippen LogP contribution in [0.5, 0.6) is 0 Å². The molecule has 20 heavy (non-hydrogen) atoms. The van der Waals surface area contributed by atoms with Gasteiger partial charge in [0.25, 0.3) is 0 Å². The molecule has 0 fully saturated rings. The van der Waals surface area contributed by atoms with Gasteiger partial charge in [-0.25, -0.2) is 0 Å². The first-order chi connectivity index (χ1) is 8.98. The van der Waals surface area contributed by atoms with Gasteiger partial charge in [0.15, 0.2) is 5.92 Å². The van der Waals surface area contributed by atoms with Crippen LogP contribution in [0.2, 0.25) is 0 Å². The lowest BCUT2D eigenvalue weighted by molar-refractivity contribution is -0.292. The lowest BCUT2D eigenvalue weighted by Crippen LogP contribution is -2.45. The van der Waals surface area contributed by atoms with Crippen molar-refractivity contribution >= 4 is 27.3 Å². The fourth-order valence-corrected chi connectivity index (χ4v) is 3.87. The molecule has 9 heteroatoms. The minimum Gasteiger partial charge on any atom is -0.309 e. The fourth-order valence-electron chi connectivity index (χ4n) is 1.86. The molecule has 0 bridgehead atoms. The number of halogens is 7. The van der Waals surface area contributed by atoms with E-state index in [2.05, 4.69) is 21.2 Å². The van der Waals surface area contributed by atoms with Gasteiger partial charge in [0.05, 0.1) is 6.04 Å². The highest BCUT2D eigenvalue weighted by atomic mass is 79.9. The topological polar surface area (TPSA) is 12.0 Å². The number of nitrogens with one attached hydrogen (secondary N) is 1. The molecular weight excluding hydrogens is 372 g/mol. The molecule has 0 aliphatic rings. The summed E-state index contributed by atoms with van der Waals surface area (Å²) < 4.78 is 77.3. The van der Waals surface area contributed by atoms with E-state index in [9.17, 15) is 26.3 Å². The Morgan fingerprint density at radius 1 is 1.20 bits per heavy atom. The van der Waals surface area contributed by atoms with Crippen LogP contribution in [-0.4, -0.2) is 18.9 Å². The van der Waals surface area contributed by atoms with Crippen LogP contribution < -0.4 is 5.32 Å². The number of hydrogen-bond acceptors (Lipinski definition) is 2. The van der Waals surface area contributed by atoms with Crippen LogP contribution in [0.3, 0.4) is 0 Å². The van der Waals surface area contributed by atoms with Crippen molar-refractivity contribution in [1.29, 1.82) is 0 Å². The third kappa shape index (κ3) is 4.11. The first-order valence-electron chi connectivity index (χ1n) is 5.61. The molecule has 1 aromatic heterocycles. The summed E-state index contributed by atoms with van der Waals surface area (Å²) in [7, 11) is 0. The van der Waals surface area contributed by atoms with Crippen LogP contribution in [0.1, 0.15) is 22.7 Å². The number of rotatable bonds is 4. The normalized spacial score (nSPS) is 14.9. The van der Waals surface area contributed by atoms with E-state index in [1.165, 1.54) is 13.0 Å². The van der Waals surface area contributed by atoms with Crippen molar-refractivity contribution in [2.24, 2.45) is 5.92 Å². The maximum atomic E-state index is 12.8. The lowest BCUT2D eigenvalue weighted by Gasteiger charge is -2.30. The minimum atomic E-state index is -5.37. The molecule has 1 rings (SSSR count). The maximum Gasteiger partial charge on any atom is 0.402 e. The monoisotopic (exact) mass is 383 g/mol. The molecule has 1 unspecified atom stereocenters. The fraction of sp³-hybridized carbons (Fsp3) is 0.636. The zero-order chi connectivity index (χ0) is 15.7. The van der Waals surface area contributed by atoms with Crippen molar-refractivity contribution in [1.82, 2.24) is 5.32 Å². The molecule has 0 radical (unpaired) electrons. The Balaban J connectivity index is 3.32. The lowest BCUT2D eigenvalue weighted by atomic mass is 9.96. The molecular formula is C11H12BrF6NS. The van der Waals surface area contributed by atoms with Gasteiger partial charge in [-0.3, -0.25) is 0 Å². The van der Waals surface area contributed by atoms with Gasteiger partial charge in [-0.1, -0.05) is 6.92 Å². The molecule has 0 saturated carbocycles. The highest BCUT2D eigenvalue weighted by Gasteiger charge is 2.60. The summed E-state index contributed by atoms with van der Waals surface area (Å²) in [6.07, 6.45) is -10.7. The second kappa shape index (κ2) is 6.23. The van der Waals surface area contributed by atoms with Crippen LogP contribution in [0.25, 0.3) is 0 Å². The standard InChI is InChI=1S/C11H12BrF6NS/c1-3-19-7(8-6(12)4-5(2)20-8)9(10(13,14)15)11(16,17)18/h4,7,9,19H,3H2,1-2H3. The van der Waals surface area contributed by atoms with Crippen LogP contribution in [0.4, 0.5) is 26.3 Å². The van der Waals surface area contributed by atoms with Crippen molar-refractivity contribution in [2.75, 3.05) is 6.54 Å². The largest absolute Gasteiger partial charge is 0.402 e. The van der Waals surface area contributed by atoms with E-state index in [4.69, 9.17) is 0 Å². The van der Waals surface area contributed by atoms with Crippen molar-refractivity contribution < 1.29 is 26.3 Å². The molecule has 0 aliphatic carbocycles. The number of thiophene rings is 1. The molecule has 1 heterocycles. The van der Waals surface area contributed by atoms with Crippen LogP contribution in [0, 0.1) is 12.8 Å². The van der Waals surface area contributed by atoms with Crippen LogP contribution >= 0.6 is 27.3 Å². The Bertz CT molecular complexity index is 439. The van der Waals surface area contributed by atoms with Gasteiger partial charge in [0.2, 0.25) is 0 Å². The highest BCUT2D eigenvalue weighted by molar-refractivity contribution is 9.10. The van der Waals surface area contributed by atoms with E-state index < -0.39 is 24.3 Å². The van der Waals surface area contributed by atoms with Gasteiger partial charge in [-0.15, -0.1) is 11.3 Å². The predicted molar refractivity (Wildman–Crippen MR) is 68.8 cm³/mol. The third-order valence-corrected chi connectivity index (χ3v) is 4.63. The third-order valence-electron chi connectivity index (χ3n) is 2.58. The first-order valence-corrected chi connectivity index (χ1v) is 7.22. The van der Waals surface area contributed by atoms with E-state index in [1.54, 1.807) is 6.92 Å². The molecule has 116 valence electrons. The molecule has 0 aliphatic heterocycles. The molecule has 0 spiro atoms. The molecule has 1 nitrogen and oxygen atoms in total. The van der Waals surface area contributed by atoms with Crippen LogP contribution in [0.15, 0.2) is 10.5 Å². The second-order valence-corrected chi connectivity index (χ2v) is 6.31. The summed E-state index contributed by atoms with van der Waals surface area (Å²) >= 11 is 3.94. The van der Waals surface area contributed by atoms with Gasteiger partial charge in [0, 0.05) is 14.2 Å². The summed E-state index contributed by atoms with van der Waals surface area (Å²) in [5.41, 5.74) is 0. The summed E-state index contributed by atoms with van der Waals surface area (Å²) in [6, 6.07) is -0.346. The quantitative estimate of drug-likeness (QED) is 0.703. The Kier molecular flexibility index (Phi) is 5.53. The smallest absolute Gasteiger partial charge is 0.309 e. The van der Waals surface area contributed by atoms with Crippen molar-refractivity contribution in [3.8, 4) is 0 Å². The molecule has 1 atom stereocenters. The summed E-state index contributed by atoms with van der Waals surface area (Å²) in [5, 5.41) is 2.31. The highest BCUT2D eigenvalue weighted by Crippen LogP contribution is 2.49. The predicted octanol–water partition coefficient (Wildman–Crippen LogP) is 5.21. The van der Waals surface area contributed by atoms with E-state index >= 15 is 0 Å². The van der Waals surface area contributed by atoms with Gasteiger partial charge in [0.1, 0.15) is 0 Å². The van der Waals surface area contributed by atoms with Crippen molar-refractivity contribution in [3.05, 3.63) is 20.3 Å². The second-order valence-electron chi connectivity index (χ2n) is 4.17. The summed E-state index contributed by atoms with van der Waals surface area (Å²) in [6.45, 7) is 3.08. The zero-order valence-corrected chi connectivity index (χ0v) is 12.9. The van der Waals surface area contributed by atoms with Crippen molar-refractivity contribution in [3.63, 3.8) is 0 Å². The summed E-state index contributed by atoms with van der Waals surface area (Å²) in [5.74, 6) is -3.44. The molecule has 1 aromatic rings. The first kappa shape index (κ1) is 17.8. The number of aryl methyl sites for hydroxylation is 1. The maximum absolute atomic E-state index is 12.8. The molecule has 0 saturated heterocycles. The van der Waals surface area contributed by atoms with Gasteiger partial charge in [-0.2, -0.15) is 26.3 Å². The molecule has 1 N–H and O–H groups in total. The number of hydrogen-bond donors (Lipinski definition) is 1. The van der Waals surface area contributed by atoms with E-state index in [0.29, 0.717) is 4.88 Å². The minimum absolute atomic E-state index is 0.00326. The Morgan fingerprint density at radius 3 is 2.00 bits per heavy atom. The Morgan fingerprint density at radius 2 is 1.70 bits per heavy atom. The van der Waals surface area contributed by atoms with Crippen molar-refractivity contribution in [2.45, 2.75) is 32.2 Å². The Labute approximate surface area is 124 Å². The SMILES string of the molecule is CCNC(c1sc(C)cc1Br)C(C(F)(F)F)C(F)(F)F. The van der Waals surface area contributed by atoms with Crippen LogP contribution in [-0.2, 0) is 0 Å². The summed E-state index contributed by atoms with van der Waals surface area (Å²) in [4.78, 5) is 0.641.